The van der Waals surface area contributed by atoms with Gasteiger partial charge in [0, 0.05) is 6.04 Å². The van der Waals surface area contributed by atoms with Gasteiger partial charge in [-0.2, -0.15) is 0 Å². The van der Waals surface area contributed by atoms with Crippen LogP contribution in [-0.4, -0.2) is 6.04 Å². The summed E-state index contributed by atoms with van der Waals surface area (Å²) >= 11 is 0. The summed E-state index contributed by atoms with van der Waals surface area (Å²) in [5.41, 5.74) is -0.941. The van der Waals surface area contributed by atoms with Gasteiger partial charge in [0.05, 0.1) is 0 Å². The molecule has 2 rings (SSSR count). The molecule has 1 unspecified atom stereocenters. The largest absolute Gasteiger partial charge is 0.377 e. The van der Waals surface area contributed by atoms with Gasteiger partial charge in [-0.15, -0.1) is 0 Å². The van der Waals surface area contributed by atoms with Gasteiger partial charge < -0.3 is 5.32 Å². The lowest BCUT2D eigenvalue weighted by Crippen LogP contribution is -2.32. The van der Waals surface area contributed by atoms with E-state index in [1.54, 1.807) is 0 Å². The summed E-state index contributed by atoms with van der Waals surface area (Å²) in [6, 6.07) is -0.299. The highest BCUT2D eigenvalue weighted by Gasteiger charge is 2.31. The maximum Gasteiger partial charge on any atom is 0.200 e. The minimum atomic E-state index is -2.13. The number of hydrogen-bond donors (Lipinski definition) is 1. The van der Waals surface area contributed by atoms with Crippen LogP contribution in [0.3, 0.4) is 0 Å². The van der Waals surface area contributed by atoms with Gasteiger partial charge in [-0.25, -0.2) is 22.0 Å². The SMILES string of the molecule is CC1(C)CCCC(Nc2c(F)c(F)c(F)c(F)c2F)C1. The number of nitrogens with one attached hydrogen (secondary N) is 1. The first-order valence-corrected chi connectivity index (χ1v) is 6.51. The highest BCUT2D eigenvalue weighted by atomic mass is 19.2. The lowest BCUT2D eigenvalue weighted by molar-refractivity contribution is 0.228. The van der Waals surface area contributed by atoms with Gasteiger partial charge in [0.2, 0.25) is 5.82 Å². The molecule has 1 N–H and O–H groups in total. The summed E-state index contributed by atoms with van der Waals surface area (Å²) in [5, 5.41) is 2.49. The van der Waals surface area contributed by atoms with Gasteiger partial charge in [0.25, 0.3) is 0 Å². The molecule has 0 aromatic heterocycles. The van der Waals surface area contributed by atoms with Crippen molar-refractivity contribution in [3.8, 4) is 0 Å². The van der Waals surface area contributed by atoms with E-state index in [0.29, 0.717) is 12.8 Å². The second kappa shape index (κ2) is 5.22. The normalized spacial score (nSPS) is 21.9. The molecule has 1 aromatic carbocycles. The van der Waals surface area contributed by atoms with Crippen molar-refractivity contribution in [2.24, 2.45) is 5.41 Å². The summed E-state index contributed by atoms with van der Waals surface area (Å²) in [4.78, 5) is 0. The van der Waals surface area contributed by atoms with E-state index >= 15 is 0 Å². The van der Waals surface area contributed by atoms with Gasteiger partial charge in [-0.05, 0) is 24.7 Å². The number of benzene rings is 1. The molecule has 6 heteroatoms. The number of hydrogen-bond acceptors (Lipinski definition) is 1. The fraction of sp³-hybridized carbons (Fsp3) is 0.571. The van der Waals surface area contributed by atoms with Crippen molar-refractivity contribution < 1.29 is 22.0 Å². The van der Waals surface area contributed by atoms with E-state index in [4.69, 9.17) is 0 Å². The Bertz CT molecular complexity index is 498. The van der Waals surface area contributed by atoms with Gasteiger partial charge in [-0.1, -0.05) is 20.3 Å². The number of anilines is 1. The highest BCUT2D eigenvalue weighted by molar-refractivity contribution is 5.48. The first kappa shape index (κ1) is 15.1. The van der Waals surface area contributed by atoms with Gasteiger partial charge in [-0.3, -0.25) is 0 Å². The Kier molecular flexibility index (Phi) is 3.93. The van der Waals surface area contributed by atoms with Crippen LogP contribution >= 0.6 is 0 Å². The number of rotatable bonds is 2. The van der Waals surface area contributed by atoms with Crippen LogP contribution in [0.15, 0.2) is 0 Å². The van der Waals surface area contributed by atoms with Crippen LogP contribution in [0.5, 0.6) is 0 Å². The second-order valence-electron chi connectivity index (χ2n) is 6.05. The molecule has 0 saturated heterocycles. The molecule has 0 radical (unpaired) electrons. The molecule has 0 bridgehead atoms. The second-order valence-corrected chi connectivity index (χ2v) is 6.05. The van der Waals surface area contributed by atoms with Crippen molar-refractivity contribution in [3.05, 3.63) is 29.1 Å². The van der Waals surface area contributed by atoms with Crippen LogP contribution < -0.4 is 5.32 Å². The van der Waals surface area contributed by atoms with Crippen LogP contribution in [-0.2, 0) is 0 Å². The molecule has 0 amide bonds. The van der Waals surface area contributed by atoms with Crippen LogP contribution in [0.1, 0.15) is 39.5 Å². The third-order valence-electron chi connectivity index (χ3n) is 3.76. The maximum absolute atomic E-state index is 13.6. The van der Waals surface area contributed by atoms with E-state index in [0.717, 1.165) is 12.8 Å². The third-order valence-corrected chi connectivity index (χ3v) is 3.76. The van der Waals surface area contributed by atoms with Gasteiger partial charge in [0.1, 0.15) is 5.69 Å². The summed E-state index contributed by atoms with van der Waals surface area (Å²) in [5.74, 6) is -9.56. The Morgan fingerprint density at radius 2 is 1.40 bits per heavy atom. The van der Waals surface area contributed by atoms with E-state index in [1.807, 2.05) is 13.8 Å². The molecule has 1 nitrogen and oxygen atoms in total. The van der Waals surface area contributed by atoms with E-state index < -0.39 is 34.8 Å². The zero-order valence-corrected chi connectivity index (χ0v) is 11.3. The fourth-order valence-electron chi connectivity index (χ4n) is 2.76. The molecule has 0 spiro atoms. The van der Waals surface area contributed by atoms with E-state index in [2.05, 4.69) is 5.32 Å². The van der Waals surface area contributed by atoms with Gasteiger partial charge in [0.15, 0.2) is 23.3 Å². The lowest BCUT2D eigenvalue weighted by Gasteiger charge is -2.36. The Morgan fingerprint density at radius 3 is 1.90 bits per heavy atom. The Balaban J connectivity index is 2.30. The first-order valence-electron chi connectivity index (χ1n) is 6.51. The maximum atomic E-state index is 13.6. The zero-order valence-electron chi connectivity index (χ0n) is 11.3. The Morgan fingerprint density at radius 1 is 0.900 bits per heavy atom. The third kappa shape index (κ3) is 2.74. The summed E-state index contributed by atoms with van der Waals surface area (Å²) < 4.78 is 66.3. The molecule has 112 valence electrons. The smallest absolute Gasteiger partial charge is 0.200 e. The average molecular weight is 293 g/mol. The predicted octanol–water partition coefficient (Wildman–Crippen LogP) is 4.76. The molecule has 1 fully saturated rings. The molecule has 0 aliphatic heterocycles. The van der Waals surface area contributed by atoms with Crippen molar-refractivity contribution in [3.63, 3.8) is 0 Å². The molecule has 0 heterocycles. The standard InChI is InChI=1S/C14H16F5N/c1-14(2)5-3-4-7(6-14)20-13-11(18)9(16)8(15)10(17)12(13)19/h7,20H,3-6H2,1-2H3. The van der Waals surface area contributed by atoms with E-state index in [1.165, 1.54) is 0 Å². The quantitative estimate of drug-likeness (QED) is 0.471. The molecule has 1 aliphatic rings. The Hall–Kier alpha value is -1.33. The molecule has 1 aliphatic carbocycles. The van der Waals surface area contributed by atoms with Crippen LogP contribution in [0.2, 0.25) is 0 Å². The van der Waals surface area contributed by atoms with Crippen molar-refractivity contribution in [1.82, 2.24) is 0 Å². The van der Waals surface area contributed by atoms with E-state index in [9.17, 15) is 22.0 Å². The number of halogens is 5. The monoisotopic (exact) mass is 293 g/mol. The van der Waals surface area contributed by atoms with Crippen molar-refractivity contribution in [1.29, 1.82) is 0 Å². The van der Waals surface area contributed by atoms with Crippen molar-refractivity contribution >= 4 is 5.69 Å². The minimum Gasteiger partial charge on any atom is -0.377 e. The van der Waals surface area contributed by atoms with Crippen LogP contribution in [0.25, 0.3) is 0 Å². The molecule has 20 heavy (non-hydrogen) atoms. The molecule has 1 aromatic rings. The minimum absolute atomic E-state index is 0.0139. The average Bonchev–Trinajstić information content (AvgIpc) is 2.38. The predicted molar refractivity (Wildman–Crippen MR) is 65.9 cm³/mol. The topological polar surface area (TPSA) is 12.0 Å². The zero-order chi connectivity index (χ0) is 15.1. The highest BCUT2D eigenvalue weighted by Crippen LogP contribution is 2.37. The summed E-state index contributed by atoms with van der Waals surface area (Å²) in [6.45, 7) is 4.03. The van der Waals surface area contributed by atoms with E-state index in [-0.39, 0.29) is 11.5 Å². The summed E-state index contributed by atoms with van der Waals surface area (Å²) in [7, 11) is 0. The van der Waals surface area contributed by atoms with Gasteiger partial charge >= 0.3 is 0 Å². The van der Waals surface area contributed by atoms with Crippen LogP contribution in [0, 0.1) is 34.5 Å². The molecular weight excluding hydrogens is 277 g/mol. The molecule has 1 atom stereocenters. The first-order chi connectivity index (χ1) is 9.23. The van der Waals surface area contributed by atoms with Crippen LogP contribution in [0.4, 0.5) is 27.6 Å². The summed E-state index contributed by atoms with van der Waals surface area (Å²) in [6.07, 6.45) is 3.08. The molecule has 1 saturated carbocycles. The Labute approximate surface area is 114 Å². The molecular formula is C14H16F5N. The van der Waals surface area contributed by atoms with Crippen molar-refractivity contribution in [2.75, 3.05) is 5.32 Å². The van der Waals surface area contributed by atoms with Crippen molar-refractivity contribution in [2.45, 2.75) is 45.6 Å². The fourth-order valence-corrected chi connectivity index (χ4v) is 2.76. The lowest BCUT2D eigenvalue weighted by atomic mass is 9.75.